The van der Waals surface area contributed by atoms with Crippen molar-refractivity contribution in [3.8, 4) is 0 Å². The summed E-state index contributed by atoms with van der Waals surface area (Å²) in [6.45, 7) is 7.31. The minimum atomic E-state index is -0.431. The molecule has 14 heavy (non-hydrogen) atoms. The fourth-order valence-electron chi connectivity index (χ4n) is 1.08. The zero-order valence-corrected chi connectivity index (χ0v) is 8.91. The Morgan fingerprint density at radius 1 is 1.43 bits per heavy atom. The first-order chi connectivity index (χ1) is 6.65. The molecule has 0 aliphatic heterocycles. The zero-order valence-electron chi connectivity index (χ0n) is 8.91. The van der Waals surface area contributed by atoms with Crippen LogP contribution in [0.5, 0.6) is 0 Å². The fraction of sp³-hybridized carbons (Fsp3) is 0.636. The quantitative estimate of drug-likeness (QED) is 0.374. The van der Waals surface area contributed by atoms with Crippen LogP contribution in [0.3, 0.4) is 0 Å². The molecule has 1 atom stereocenters. The van der Waals surface area contributed by atoms with Crippen LogP contribution in [0.15, 0.2) is 12.7 Å². The molecule has 0 radical (unpaired) electrons. The Kier molecular flexibility index (Phi) is 6.72. The van der Waals surface area contributed by atoms with Gasteiger partial charge in [0.05, 0.1) is 5.92 Å². The van der Waals surface area contributed by atoms with E-state index < -0.39 is 11.9 Å². The Labute approximate surface area is 85.1 Å². The second-order valence-electron chi connectivity index (χ2n) is 3.17. The number of carbonyl (C=O) groups is 2. The molecule has 0 amide bonds. The van der Waals surface area contributed by atoms with Crippen molar-refractivity contribution >= 4 is 11.9 Å². The highest BCUT2D eigenvalue weighted by Crippen LogP contribution is 2.11. The van der Waals surface area contributed by atoms with Gasteiger partial charge in [0.15, 0.2) is 0 Å². The van der Waals surface area contributed by atoms with E-state index in [0.717, 1.165) is 0 Å². The molecule has 0 aromatic rings. The molecule has 0 aliphatic carbocycles. The Morgan fingerprint density at radius 2 is 2.07 bits per heavy atom. The van der Waals surface area contributed by atoms with Crippen LogP contribution in [0.2, 0.25) is 0 Å². The number of hydrogen-bond donors (Lipinski definition) is 0. The first-order valence-corrected chi connectivity index (χ1v) is 5.01. The molecule has 0 N–H and O–H groups in total. The Balaban J connectivity index is 4.02. The molecular formula is C11H18O3. The van der Waals surface area contributed by atoms with Crippen molar-refractivity contribution in [3.63, 3.8) is 0 Å². The molecule has 0 saturated heterocycles. The molecule has 0 aliphatic rings. The van der Waals surface area contributed by atoms with Gasteiger partial charge in [-0.1, -0.05) is 19.9 Å². The predicted octanol–water partition coefficient (Wildman–Crippen LogP) is 2.46. The molecule has 0 saturated carbocycles. The number of esters is 2. The number of hydrogen-bond acceptors (Lipinski definition) is 3. The average Bonchev–Trinajstić information content (AvgIpc) is 2.14. The van der Waals surface area contributed by atoms with E-state index in [1.807, 2.05) is 13.8 Å². The lowest BCUT2D eigenvalue weighted by Crippen LogP contribution is -2.20. The molecule has 0 rings (SSSR count). The Morgan fingerprint density at radius 3 is 2.50 bits per heavy atom. The van der Waals surface area contributed by atoms with Crippen LogP contribution < -0.4 is 0 Å². The smallest absolute Gasteiger partial charge is 0.316 e. The summed E-state index contributed by atoms with van der Waals surface area (Å²) in [6, 6.07) is 0. The highest BCUT2D eigenvalue weighted by atomic mass is 16.6. The minimum absolute atomic E-state index is 0.228. The summed E-state index contributed by atoms with van der Waals surface area (Å²) in [7, 11) is 0. The van der Waals surface area contributed by atoms with Crippen LogP contribution in [0.4, 0.5) is 0 Å². The summed E-state index contributed by atoms with van der Waals surface area (Å²) in [5, 5.41) is 0. The van der Waals surface area contributed by atoms with Gasteiger partial charge >= 0.3 is 11.9 Å². The molecule has 1 unspecified atom stereocenters. The predicted molar refractivity (Wildman–Crippen MR) is 54.6 cm³/mol. The molecule has 3 nitrogen and oxygen atoms in total. The number of ether oxygens (including phenoxy) is 1. The third-order valence-corrected chi connectivity index (χ3v) is 1.95. The average molecular weight is 198 g/mol. The first-order valence-electron chi connectivity index (χ1n) is 5.01. The fourth-order valence-corrected chi connectivity index (χ4v) is 1.08. The first kappa shape index (κ1) is 12.9. The number of carbonyl (C=O) groups excluding carboxylic acids is 2. The van der Waals surface area contributed by atoms with E-state index in [4.69, 9.17) is 0 Å². The zero-order chi connectivity index (χ0) is 11.0. The van der Waals surface area contributed by atoms with Gasteiger partial charge in [0.1, 0.15) is 0 Å². The van der Waals surface area contributed by atoms with Gasteiger partial charge in [0.2, 0.25) is 0 Å². The van der Waals surface area contributed by atoms with Crippen LogP contribution in [-0.4, -0.2) is 11.9 Å². The summed E-state index contributed by atoms with van der Waals surface area (Å²) in [6.07, 6.45) is 3.90. The van der Waals surface area contributed by atoms with Crippen molar-refractivity contribution in [1.82, 2.24) is 0 Å². The molecule has 0 heterocycles. The van der Waals surface area contributed by atoms with Gasteiger partial charge in [-0.2, -0.15) is 0 Å². The third kappa shape index (κ3) is 4.80. The number of rotatable bonds is 6. The van der Waals surface area contributed by atoms with E-state index in [1.165, 1.54) is 0 Å². The van der Waals surface area contributed by atoms with E-state index in [-0.39, 0.29) is 5.92 Å². The molecule has 0 spiro atoms. The molecular weight excluding hydrogens is 180 g/mol. The van der Waals surface area contributed by atoms with Gasteiger partial charge in [-0.05, 0) is 19.3 Å². The SMILES string of the molecule is C=CCC(CC)C(=O)OC(=O)CCC. The molecule has 0 aromatic carbocycles. The van der Waals surface area contributed by atoms with Crippen molar-refractivity contribution in [2.24, 2.45) is 5.92 Å². The highest BCUT2D eigenvalue weighted by Gasteiger charge is 2.19. The second-order valence-corrected chi connectivity index (χ2v) is 3.17. The second kappa shape index (κ2) is 7.30. The van der Waals surface area contributed by atoms with E-state index in [9.17, 15) is 9.59 Å². The van der Waals surface area contributed by atoms with E-state index in [0.29, 0.717) is 25.7 Å². The van der Waals surface area contributed by atoms with Crippen molar-refractivity contribution in [2.75, 3.05) is 0 Å². The summed E-state index contributed by atoms with van der Waals surface area (Å²) in [4.78, 5) is 22.4. The highest BCUT2D eigenvalue weighted by molar-refractivity contribution is 5.86. The number of allylic oxidation sites excluding steroid dienone is 1. The van der Waals surface area contributed by atoms with Gasteiger partial charge < -0.3 is 4.74 Å². The largest absolute Gasteiger partial charge is 0.393 e. The van der Waals surface area contributed by atoms with Crippen molar-refractivity contribution in [3.05, 3.63) is 12.7 Å². The Bertz CT molecular complexity index is 209. The van der Waals surface area contributed by atoms with Crippen LogP contribution in [0, 0.1) is 5.92 Å². The summed E-state index contributed by atoms with van der Waals surface area (Å²) >= 11 is 0. The maximum atomic E-state index is 11.4. The van der Waals surface area contributed by atoms with Gasteiger partial charge in [-0.3, -0.25) is 9.59 Å². The monoisotopic (exact) mass is 198 g/mol. The van der Waals surface area contributed by atoms with Gasteiger partial charge in [-0.25, -0.2) is 0 Å². The van der Waals surface area contributed by atoms with Gasteiger partial charge in [-0.15, -0.1) is 6.58 Å². The summed E-state index contributed by atoms with van der Waals surface area (Å²) in [5.41, 5.74) is 0. The molecule has 0 fully saturated rings. The molecule has 80 valence electrons. The maximum absolute atomic E-state index is 11.4. The third-order valence-electron chi connectivity index (χ3n) is 1.95. The summed E-state index contributed by atoms with van der Waals surface area (Å²) < 4.78 is 4.67. The van der Waals surface area contributed by atoms with Crippen molar-refractivity contribution < 1.29 is 14.3 Å². The normalized spacial score (nSPS) is 11.9. The van der Waals surface area contributed by atoms with Crippen molar-refractivity contribution in [2.45, 2.75) is 39.5 Å². The van der Waals surface area contributed by atoms with Crippen molar-refractivity contribution in [1.29, 1.82) is 0 Å². The Hall–Kier alpha value is -1.12. The molecule has 0 bridgehead atoms. The van der Waals surface area contributed by atoms with Gasteiger partial charge in [0.25, 0.3) is 0 Å². The van der Waals surface area contributed by atoms with Crippen LogP contribution in [0.1, 0.15) is 39.5 Å². The minimum Gasteiger partial charge on any atom is -0.393 e. The standard InChI is InChI=1S/C11H18O3/c1-4-7-9(6-3)11(13)14-10(12)8-5-2/h4,9H,1,5-8H2,2-3H3. The van der Waals surface area contributed by atoms with E-state index in [1.54, 1.807) is 6.08 Å². The summed E-state index contributed by atoms with van der Waals surface area (Å²) in [5.74, 6) is -1.08. The van der Waals surface area contributed by atoms with E-state index in [2.05, 4.69) is 11.3 Å². The lowest BCUT2D eigenvalue weighted by molar-refractivity contribution is -0.162. The molecule has 3 heteroatoms. The topological polar surface area (TPSA) is 43.4 Å². The van der Waals surface area contributed by atoms with Crippen LogP contribution in [0.25, 0.3) is 0 Å². The lowest BCUT2D eigenvalue weighted by Gasteiger charge is -2.10. The lowest BCUT2D eigenvalue weighted by atomic mass is 10.0. The van der Waals surface area contributed by atoms with Crippen LogP contribution >= 0.6 is 0 Å². The molecule has 0 aromatic heterocycles. The maximum Gasteiger partial charge on any atom is 0.316 e. The van der Waals surface area contributed by atoms with Gasteiger partial charge in [0, 0.05) is 6.42 Å². The van der Waals surface area contributed by atoms with Crippen LogP contribution in [-0.2, 0) is 14.3 Å². The van der Waals surface area contributed by atoms with E-state index >= 15 is 0 Å².